The minimum Gasteiger partial charge on any atom is -0.457 e. The highest BCUT2D eigenvalue weighted by atomic mass is 35.5. The van der Waals surface area contributed by atoms with Gasteiger partial charge in [0.1, 0.15) is 18.1 Å². The monoisotopic (exact) mass is 511 g/mol. The van der Waals surface area contributed by atoms with E-state index in [9.17, 15) is 24.5 Å². The highest BCUT2D eigenvalue weighted by molar-refractivity contribution is 8.18. The molecule has 0 atom stereocenters. The first kappa shape index (κ1) is 24.2. The number of nitro benzene ring substituents is 1. The Bertz CT molecular complexity index is 1410. The van der Waals surface area contributed by atoms with Crippen molar-refractivity contribution in [3.05, 3.63) is 85.5 Å². The molecule has 1 aliphatic rings. The number of halogens is 1. The Morgan fingerprint density at radius 3 is 2.69 bits per heavy atom. The van der Waals surface area contributed by atoms with Gasteiger partial charge in [-0.2, -0.15) is 0 Å². The molecule has 3 aromatic rings. The number of aryl methyl sites for hydroxylation is 2. The van der Waals surface area contributed by atoms with E-state index in [1.807, 2.05) is 32.0 Å². The highest BCUT2D eigenvalue weighted by Gasteiger charge is 2.36. The third kappa shape index (κ3) is 5.28. The molecule has 0 aliphatic carbocycles. The van der Waals surface area contributed by atoms with Crippen molar-refractivity contribution in [2.24, 2.45) is 0 Å². The van der Waals surface area contributed by atoms with Crippen molar-refractivity contribution in [1.29, 1.82) is 0 Å². The third-order valence-corrected chi connectivity index (χ3v) is 6.41. The van der Waals surface area contributed by atoms with E-state index in [0.717, 1.165) is 16.0 Å². The Kier molecular flexibility index (Phi) is 6.77. The molecule has 0 saturated carbocycles. The van der Waals surface area contributed by atoms with Gasteiger partial charge in [0.15, 0.2) is 0 Å². The maximum atomic E-state index is 12.8. The first-order valence-corrected chi connectivity index (χ1v) is 11.5. The molecule has 11 heteroatoms. The number of hydrogen-bond acceptors (Lipinski definition) is 7. The number of amides is 3. The number of nitrogens with one attached hydrogen (secondary N) is 1. The van der Waals surface area contributed by atoms with Crippen LogP contribution in [-0.4, -0.2) is 33.4 Å². The summed E-state index contributed by atoms with van der Waals surface area (Å²) in [6.07, 6.45) is 1.38. The van der Waals surface area contributed by atoms with E-state index in [-0.39, 0.29) is 27.1 Å². The van der Waals surface area contributed by atoms with Crippen molar-refractivity contribution < 1.29 is 23.7 Å². The van der Waals surface area contributed by atoms with Crippen LogP contribution in [0.3, 0.4) is 0 Å². The molecule has 1 aromatic heterocycles. The van der Waals surface area contributed by atoms with Gasteiger partial charge in [0.2, 0.25) is 5.91 Å². The van der Waals surface area contributed by atoms with Gasteiger partial charge in [-0.25, -0.2) is 0 Å². The summed E-state index contributed by atoms with van der Waals surface area (Å²) in [5, 5.41) is 13.5. The average molecular weight is 512 g/mol. The number of hydrogen-bond donors (Lipinski definition) is 1. The van der Waals surface area contributed by atoms with Crippen molar-refractivity contribution in [3.8, 4) is 11.3 Å². The van der Waals surface area contributed by atoms with Crippen molar-refractivity contribution in [2.45, 2.75) is 13.8 Å². The number of furan rings is 1. The average Bonchev–Trinajstić information content (AvgIpc) is 3.36. The van der Waals surface area contributed by atoms with Gasteiger partial charge in [0, 0.05) is 29.5 Å². The fraction of sp³-hybridized carbons (Fsp3) is 0.125. The summed E-state index contributed by atoms with van der Waals surface area (Å²) in [5.41, 5.74) is 2.60. The van der Waals surface area contributed by atoms with Crippen molar-refractivity contribution in [3.63, 3.8) is 0 Å². The van der Waals surface area contributed by atoms with Crippen LogP contribution in [-0.2, 0) is 9.59 Å². The molecule has 0 unspecified atom stereocenters. The van der Waals surface area contributed by atoms with Crippen LogP contribution >= 0.6 is 23.4 Å². The minimum atomic E-state index is -0.623. The molecule has 1 aliphatic heterocycles. The Morgan fingerprint density at radius 2 is 1.94 bits per heavy atom. The molecule has 1 fully saturated rings. The second-order valence-corrected chi connectivity index (χ2v) is 9.16. The largest absolute Gasteiger partial charge is 0.457 e. The number of non-ortho nitro benzene ring substituents is 1. The van der Waals surface area contributed by atoms with Crippen molar-refractivity contribution >= 4 is 57.9 Å². The molecule has 2 aromatic carbocycles. The van der Waals surface area contributed by atoms with E-state index in [2.05, 4.69) is 5.32 Å². The number of rotatable bonds is 6. The van der Waals surface area contributed by atoms with Gasteiger partial charge in [-0.15, -0.1) is 0 Å². The summed E-state index contributed by atoms with van der Waals surface area (Å²) in [6.45, 7) is 3.31. The molecule has 35 heavy (non-hydrogen) atoms. The van der Waals surface area contributed by atoms with Gasteiger partial charge in [-0.05, 0) is 61.0 Å². The maximum absolute atomic E-state index is 12.8. The number of carbonyl (C=O) groups is 3. The van der Waals surface area contributed by atoms with Gasteiger partial charge in [-0.3, -0.25) is 29.4 Å². The zero-order chi connectivity index (χ0) is 25.3. The summed E-state index contributed by atoms with van der Waals surface area (Å²) in [5.74, 6) is -0.615. The van der Waals surface area contributed by atoms with E-state index in [1.165, 1.54) is 24.3 Å². The Balaban J connectivity index is 1.49. The zero-order valence-electron chi connectivity index (χ0n) is 18.5. The quantitative estimate of drug-likeness (QED) is 0.252. The van der Waals surface area contributed by atoms with E-state index in [0.29, 0.717) is 23.0 Å². The normalized spacial score (nSPS) is 14.6. The molecule has 2 heterocycles. The van der Waals surface area contributed by atoms with Gasteiger partial charge in [-0.1, -0.05) is 23.7 Å². The summed E-state index contributed by atoms with van der Waals surface area (Å²) >= 11 is 6.84. The smallest absolute Gasteiger partial charge is 0.294 e. The van der Waals surface area contributed by atoms with Crippen LogP contribution in [0.2, 0.25) is 5.02 Å². The molecule has 0 bridgehead atoms. The predicted octanol–water partition coefficient (Wildman–Crippen LogP) is 5.80. The number of imide groups is 1. The van der Waals surface area contributed by atoms with Crippen LogP contribution in [0.1, 0.15) is 16.9 Å². The Labute approximate surface area is 208 Å². The van der Waals surface area contributed by atoms with Crippen molar-refractivity contribution in [1.82, 2.24) is 4.90 Å². The lowest BCUT2D eigenvalue weighted by atomic mass is 10.1. The van der Waals surface area contributed by atoms with Crippen LogP contribution in [0, 0.1) is 24.0 Å². The summed E-state index contributed by atoms with van der Waals surface area (Å²) < 4.78 is 5.69. The van der Waals surface area contributed by atoms with Crippen LogP contribution in [0.5, 0.6) is 0 Å². The number of carbonyl (C=O) groups excluding carboxylic acids is 3. The minimum absolute atomic E-state index is 0.0839. The zero-order valence-corrected chi connectivity index (χ0v) is 20.1. The van der Waals surface area contributed by atoms with E-state index in [1.54, 1.807) is 12.1 Å². The molecular formula is C24H18ClN3O6S. The molecule has 9 nitrogen and oxygen atoms in total. The van der Waals surface area contributed by atoms with Crippen LogP contribution in [0.25, 0.3) is 17.4 Å². The number of nitrogens with zero attached hydrogens (tertiary/aromatic N) is 2. The molecule has 4 rings (SSSR count). The first-order valence-electron chi connectivity index (χ1n) is 10.3. The lowest BCUT2D eigenvalue weighted by Gasteiger charge is -2.14. The topological polar surface area (TPSA) is 123 Å². The molecule has 0 spiro atoms. The number of nitro groups is 1. The molecule has 178 valence electrons. The third-order valence-electron chi connectivity index (χ3n) is 5.17. The van der Waals surface area contributed by atoms with E-state index in [4.69, 9.17) is 16.0 Å². The fourth-order valence-corrected chi connectivity index (χ4v) is 4.39. The second-order valence-electron chi connectivity index (χ2n) is 7.76. The van der Waals surface area contributed by atoms with Gasteiger partial charge >= 0.3 is 0 Å². The molecule has 3 amide bonds. The van der Waals surface area contributed by atoms with Crippen LogP contribution in [0.4, 0.5) is 16.2 Å². The van der Waals surface area contributed by atoms with E-state index < -0.39 is 28.5 Å². The summed E-state index contributed by atoms with van der Waals surface area (Å²) in [4.78, 5) is 49.1. The summed E-state index contributed by atoms with van der Waals surface area (Å²) in [6, 6.07) is 12.7. The molecule has 1 saturated heterocycles. The molecule has 1 N–H and O–H groups in total. The van der Waals surface area contributed by atoms with Gasteiger partial charge in [0.25, 0.3) is 16.8 Å². The summed E-state index contributed by atoms with van der Waals surface area (Å²) in [7, 11) is 0. The molecule has 0 radical (unpaired) electrons. The number of thioether (sulfide) groups is 1. The second kappa shape index (κ2) is 9.77. The lowest BCUT2D eigenvalue weighted by molar-refractivity contribution is -0.384. The van der Waals surface area contributed by atoms with Crippen LogP contribution < -0.4 is 5.32 Å². The Hall–Kier alpha value is -3.89. The molecular weight excluding hydrogens is 494 g/mol. The van der Waals surface area contributed by atoms with Gasteiger partial charge in [0.05, 0.1) is 14.9 Å². The SMILES string of the molecule is Cc1ccc(C)c(NC(=O)CN2C(=O)S/C(=C/c3ccc(-c4cc([N+](=O)[O-])ccc4Cl)o3)C2=O)c1. The predicted molar refractivity (Wildman–Crippen MR) is 133 cm³/mol. The Morgan fingerprint density at radius 1 is 1.17 bits per heavy atom. The van der Waals surface area contributed by atoms with Crippen molar-refractivity contribution in [2.75, 3.05) is 11.9 Å². The lowest BCUT2D eigenvalue weighted by Crippen LogP contribution is -2.36. The first-order chi connectivity index (χ1) is 16.6. The standard InChI is InChI=1S/C24H18ClN3O6S/c1-13-3-4-14(2)19(9-13)26-22(29)12-27-23(30)21(35-24(27)31)11-16-6-8-20(34-16)17-10-15(28(32)33)5-7-18(17)25/h3-11H,12H2,1-2H3,(H,26,29)/b21-11+. The van der Waals surface area contributed by atoms with Crippen LogP contribution in [0.15, 0.2) is 57.9 Å². The number of benzene rings is 2. The van der Waals surface area contributed by atoms with Gasteiger partial charge < -0.3 is 9.73 Å². The fourth-order valence-electron chi connectivity index (χ4n) is 3.36. The number of anilines is 1. The van der Waals surface area contributed by atoms with E-state index >= 15 is 0 Å². The maximum Gasteiger partial charge on any atom is 0.294 e. The highest BCUT2D eigenvalue weighted by Crippen LogP contribution is 2.35.